The second-order valence-corrected chi connectivity index (χ2v) is 10.2. The van der Waals surface area contributed by atoms with Crippen LogP contribution in [0, 0.1) is 0 Å². The second-order valence-electron chi connectivity index (χ2n) is 9.08. The molecule has 2 aromatic rings. The molecular formula is C28H31N3O5S. The number of nitrogens with one attached hydrogen (secondary N) is 2. The molecule has 4 rings (SSSR count). The molecule has 1 aliphatic carbocycles. The van der Waals surface area contributed by atoms with Crippen molar-refractivity contribution in [2.75, 3.05) is 18.8 Å². The highest BCUT2D eigenvalue weighted by atomic mass is 32.2. The zero-order valence-corrected chi connectivity index (χ0v) is 21.1. The molecule has 1 saturated heterocycles. The number of benzene rings is 2. The molecule has 1 fully saturated rings. The van der Waals surface area contributed by atoms with E-state index in [-0.39, 0.29) is 30.9 Å². The Kier molecular flexibility index (Phi) is 9.16. The summed E-state index contributed by atoms with van der Waals surface area (Å²) in [7, 11) is 0. The number of aliphatic hydroxyl groups excluding tert-OH is 1. The van der Waals surface area contributed by atoms with Crippen LogP contribution in [0.5, 0.6) is 0 Å². The molecule has 0 saturated carbocycles. The topological polar surface area (TPSA) is 119 Å². The fraction of sp³-hybridized carbons (Fsp3) is 0.321. The predicted molar refractivity (Wildman–Crippen MR) is 143 cm³/mol. The maximum atomic E-state index is 13.4. The average molecular weight is 522 g/mol. The minimum absolute atomic E-state index is 0.0480. The third-order valence-corrected chi connectivity index (χ3v) is 7.69. The molecule has 9 heteroatoms. The number of carbonyl (C=O) groups is 3. The van der Waals surface area contributed by atoms with Crippen LogP contribution in [-0.2, 0) is 16.0 Å². The number of fused-ring (bicyclic) bond motifs is 1. The van der Waals surface area contributed by atoms with Crippen LogP contribution in [0.25, 0.3) is 0 Å². The highest BCUT2D eigenvalue weighted by Crippen LogP contribution is 2.33. The quantitative estimate of drug-likeness (QED) is 0.379. The summed E-state index contributed by atoms with van der Waals surface area (Å²) < 4.78 is 0. The summed E-state index contributed by atoms with van der Waals surface area (Å²) in [6, 6.07) is 16.8. The van der Waals surface area contributed by atoms with Crippen molar-refractivity contribution in [3.8, 4) is 0 Å². The van der Waals surface area contributed by atoms with Crippen molar-refractivity contribution in [1.29, 1.82) is 0 Å². The molecule has 1 aliphatic heterocycles. The van der Waals surface area contributed by atoms with E-state index in [0.29, 0.717) is 24.2 Å². The van der Waals surface area contributed by atoms with E-state index in [2.05, 4.69) is 10.6 Å². The van der Waals surface area contributed by atoms with Gasteiger partial charge in [-0.15, -0.1) is 11.8 Å². The normalized spacial score (nSPS) is 20.8. The first kappa shape index (κ1) is 26.7. The van der Waals surface area contributed by atoms with Crippen molar-refractivity contribution in [3.05, 3.63) is 94.9 Å². The molecule has 0 radical (unpaired) electrons. The first-order chi connectivity index (χ1) is 17.9. The lowest BCUT2D eigenvalue weighted by molar-refractivity contribution is -0.146. The number of amides is 2. The molecule has 4 N–H and O–H groups in total. The zero-order valence-electron chi connectivity index (χ0n) is 20.3. The van der Waals surface area contributed by atoms with E-state index in [9.17, 15) is 24.6 Å². The molecule has 194 valence electrons. The lowest BCUT2D eigenvalue weighted by Gasteiger charge is -2.32. The van der Waals surface area contributed by atoms with E-state index in [0.717, 1.165) is 10.5 Å². The summed E-state index contributed by atoms with van der Waals surface area (Å²) in [6.07, 6.45) is 5.75. The van der Waals surface area contributed by atoms with Crippen LogP contribution in [0.3, 0.4) is 0 Å². The number of thioether (sulfide) groups is 1. The van der Waals surface area contributed by atoms with Gasteiger partial charge in [0.25, 0.3) is 5.91 Å². The third kappa shape index (κ3) is 7.09. The number of carboxylic acid groups (broad SMARTS) is 1. The van der Waals surface area contributed by atoms with Gasteiger partial charge < -0.3 is 25.7 Å². The van der Waals surface area contributed by atoms with Crippen molar-refractivity contribution in [1.82, 2.24) is 15.5 Å². The molecule has 1 heterocycles. The van der Waals surface area contributed by atoms with Gasteiger partial charge in [0.2, 0.25) is 5.91 Å². The molecular weight excluding hydrogens is 490 g/mol. The van der Waals surface area contributed by atoms with Gasteiger partial charge in [0.05, 0.1) is 24.2 Å². The van der Waals surface area contributed by atoms with E-state index < -0.39 is 24.2 Å². The lowest BCUT2D eigenvalue weighted by Crippen LogP contribution is -2.55. The van der Waals surface area contributed by atoms with Crippen LogP contribution in [0.4, 0.5) is 0 Å². The zero-order chi connectivity index (χ0) is 26.2. The number of hydrogen-bond acceptors (Lipinski definition) is 6. The highest BCUT2D eigenvalue weighted by Gasteiger charge is 2.37. The van der Waals surface area contributed by atoms with Gasteiger partial charge in [-0.05, 0) is 30.5 Å². The van der Waals surface area contributed by atoms with E-state index in [1.165, 1.54) is 16.7 Å². The summed E-state index contributed by atoms with van der Waals surface area (Å²) >= 11 is 1.52. The summed E-state index contributed by atoms with van der Waals surface area (Å²) in [5, 5.41) is 26.7. The summed E-state index contributed by atoms with van der Waals surface area (Å²) in [5.41, 5.74) is 1.45. The molecule has 0 aromatic heterocycles. The lowest BCUT2D eigenvalue weighted by atomic mass is 10.00. The smallest absolute Gasteiger partial charge is 0.323 e. The van der Waals surface area contributed by atoms with Crippen molar-refractivity contribution < 1.29 is 24.6 Å². The van der Waals surface area contributed by atoms with Crippen LogP contribution >= 0.6 is 11.8 Å². The Labute approximate surface area is 220 Å². The van der Waals surface area contributed by atoms with Gasteiger partial charge in [-0.2, -0.15) is 0 Å². The number of rotatable bonds is 10. The first-order valence-electron chi connectivity index (χ1n) is 12.3. The van der Waals surface area contributed by atoms with Crippen LogP contribution in [0.2, 0.25) is 0 Å². The minimum atomic E-state index is -1.07. The van der Waals surface area contributed by atoms with Crippen LogP contribution < -0.4 is 10.6 Å². The molecule has 2 aromatic carbocycles. The van der Waals surface area contributed by atoms with Gasteiger partial charge in [-0.1, -0.05) is 66.8 Å². The van der Waals surface area contributed by atoms with Crippen molar-refractivity contribution in [2.45, 2.75) is 37.1 Å². The molecule has 0 spiro atoms. The van der Waals surface area contributed by atoms with E-state index >= 15 is 0 Å². The fourth-order valence-corrected chi connectivity index (χ4v) is 5.72. The molecule has 4 unspecified atom stereocenters. The average Bonchev–Trinajstić information content (AvgIpc) is 3.04. The van der Waals surface area contributed by atoms with E-state index in [1.807, 2.05) is 54.6 Å². The molecule has 2 aliphatic rings. The summed E-state index contributed by atoms with van der Waals surface area (Å²) in [5.74, 6) is -1.26. The van der Waals surface area contributed by atoms with Crippen LogP contribution in [0.1, 0.15) is 22.3 Å². The molecule has 0 bridgehead atoms. The Hall–Kier alpha value is -3.40. The predicted octanol–water partition coefficient (Wildman–Crippen LogP) is 2.22. The Morgan fingerprint density at radius 2 is 1.78 bits per heavy atom. The van der Waals surface area contributed by atoms with E-state index in [1.54, 1.807) is 24.3 Å². The van der Waals surface area contributed by atoms with Gasteiger partial charge >= 0.3 is 5.97 Å². The monoisotopic (exact) mass is 521 g/mol. The Morgan fingerprint density at radius 3 is 2.49 bits per heavy atom. The van der Waals surface area contributed by atoms with Crippen molar-refractivity contribution in [3.63, 3.8) is 0 Å². The number of allylic oxidation sites excluding steroid dienone is 2. The maximum absolute atomic E-state index is 13.4. The molecule has 4 atom stereocenters. The van der Waals surface area contributed by atoms with Gasteiger partial charge in [0.1, 0.15) is 6.54 Å². The molecule has 37 heavy (non-hydrogen) atoms. The third-order valence-electron chi connectivity index (χ3n) is 6.45. The second kappa shape index (κ2) is 12.7. The maximum Gasteiger partial charge on any atom is 0.323 e. The van der Waals surface area contributed by atoms with Crippen LogP contribution in [-0.4, -0.2) is 76.0 Å². The minimum Gasteiger partial charge on any atom is -0.480 e. The summed E-state index contributed by atoms with van der Waals surface area (Å²) in [6.45, 7) is -0.341. The van der Waals surface area contributed by atoms with Gasteiger partial charge in [0.15, 0.2) is 0 Å². The number of nitrogens with zero attached hydrogens (tertiary/aromatic N) is 1. The molecule has 8 nitrogen and oxygen atoms in total. The Morgan fingerprint density at radius 1 is 1.08 bits per heavy atom. The highest BCUT2D eigenvalue weighted by molar-refractivity contribution is 8.03. The first-order valence-corrected chi connectivity index (χ1v) is 13.2. The summed E-state index contributed by atoms with van der Waals surface area (Å²) in [4.78, 5) is 40.1. The SMILES string of the molecule is O=C(O)CN1C(=O)C(NCC(O)C(Cc2ccccc2)NC(=O)c2ccccc2)CSC2=CC=CCC21. The van der Waals surface area contributed by atoms with Gasteiger partial charge in [-0.25, -0.2) is 0 Å². The van der Waals surface area contributed by atoms with E-state index in [4.69, 9.17) is 0 Å². The fourth-order valence-electron chi connectivity index (χ4n) is 4.51. The Bertz CT molecular complexity index is 1150. The number of aliphatic hydroxyl groups is 1. The Balaban J connectivity index is 1.46. The molecule has 2 amide bonds. The van der Waals surface area contributed by atoms with Gasteiger partial charge in [-0.3, -0.25) is 14.4 Å². The standard InChI is InChI=1S/C28H31N3O5S/c32-24(21(15-19-9-3-1-4-10-19)30-27(35)20-11-5-2-6-12-20)16-29-22-18-37-25-14-8-7-13-23(25)31(28(22)36)17-26(33)34/h1-12,14,21-24,29,32H,13,15-18H2,(H,30,35)(H,33,34). The van der Waals surface area contributed by atoms with Crippen molar-refractivity contribution in [2.24, 2.45) is 0 Å². The number of carboxylic acids is 1. The largest absolute Gasteiger partial charge is 0.480 e. The van der Waals surface area contributed by atoms with Crippen molar-refractivity contribution >= 4 is 29.5 Å². The van der Waals surface area contributed by atoms with Gasteiger partial charge in [0, 0.05) is 22.8 Å². The number of carbonyl (C=O) groups excluding carboxylic acids is 2. The number of hydrogen-bond donors (Lipinski definition) is 4. The van der Waals surface area contributed by atoms with Crippen LogP contribution in [0.15, 0.2) is 83.8 Å². The number of aliphatic carboxylic acids is 1.